The van der Waals surface area contributed by atoms with Gasteiger partial charge in [-0.1, -0.05) is 29.8 Å². The first-order valence-corrected chi connectivity index (χ1v) is 9.19. The van der Waals surface area contributed by atoms with Gasteiger partial charge in [-0.05, 0) is 19.1 Å². The SMILES string of the molecule is CCOC(=O)COc1cccc(NC(=O)N[C@H]2CCOc3c(Cl)cccc32)n1. The number of benzene rings is 1. The van der Waals surface area contributed by atoms with Crippen molar-refractivity contribution in [1.82, 2.24) is 10.3 Å². The van der Waals surface area contributed by atoms with E-state index in [1.807, 2.05) is 12.1 Å². The number of aromatic nitrogens is 1. The molecular weight excluding hydrogens is 386 g/mol. The van der Waals surface area contributed by atoms with Crippen LogP contribution >= 0.6 is 11.6 Å². The van der Waals surface area contributed by atoms with Crippen LogP contribution < -0.4 is 20.1 Å². The van der Waals surface area contributed by atoms with Crippen LogP contribution in [-0.4, -0.2) is 36.8 Å². The van der Waals surface area contributed by atoms with Gasteiger partial charge in [-0.2, -0.15) is 4.98 Å². The number of halogens is 1. The number of amides is 2. The Kier molecular flexibility index (Phi) is 6.54. The fraction of sp³-hybridized carbons (Fsp3) is 0.316. The highest BCUT2D eigenvalue weighted by Crippen LogP contribution is 2.37. The van der Waals surface area contributed by atoms with Crippen molar-refractivity contribution in [3.05, 3.63) is 47.0 Å². The van der Waals surface area contributed by atoms with Crippen LogP contribution in [0.2, 0.25) is 5.02 Å². The van der Waals surface area contributed by atoms with Gasteiger partial charge in [0.25, 0.3) is 0 Å². The number of anilines is 1. The Labute approximate surface area is 167 Å². The van der Waals surface area contributed by atoms with E-state index in [0.717, 1.165) is 5.56 Å². The molecule has 8 nitrogen and oxygen atoms in total. The monoisotopic (exact) mass is 405 g/mol. The molecule has 9 heteroatoms. The van der Waals surface area contributed by atoms with Crippen molar-refractivity contribution in [1.29, 1.82) is 0 Å². The summed E-state index contributed by atoms with van der Waals surface area (Å²) in [6.45, 7) is 2.19. The molecule has 0 aliphatic carbocycles. The number of nitrogens with one attached hydrogen (secondary N) is 2. The van der Waals surface area contributed by atoms with Crippen LogP contribution in [-0.2, 0) is 9.53 Å². The van der Waals surface area contributed by atoms with E-state index < -0.39 is 12.0 Å². The van der Waals surface area contributed by atoms with Crippen molar-refractivity contribution in [2.75, 3.05) is 25.1 Å². The van der Waals surface area contributed by atoms with E-state index in [2.05, 4.69) is 15.6 Å². The summed E-state index contributed by atoms with van der Waals surface area (Å²) in [7, 11) is 0. The third-order valence-electron chi connectivity index (χ3n) is 3.94. The highest BCUT2D eigenvalue weighted by atomic mass is 35.5. The third-order valence-corrected chi connectivity index (χ3v) is 4.24. The Bertz CT molecular complexity index is 861. The lowest BCUT2D eigenvalue weighted by Gasteiger charge is -2.27. The first-order chi connectivity index (χ1) is 13.6. The number of pyridine rings is 1. The Morgan fingerprint density at radius 3 is 2.93 bits per heavy atom. The molecule has 2 aromatic rings. The van der Waals surface area contributed by atoms with E-state index in [9.17, 15) is 9.59 Å². The van der Waals surface area contributed by atoms with E-state index in [0.29, 0.717) is 23.8 Å². The Hall–Kier alpha value is -3.00. The molecule has 2 N–H and O–H groups in total. The van der Waals surface area contributed by atoms with Gasteiger partial charge in [0, 0.05) is 18.1 Å². The van der Waals surface area contributed by atoms with Gasteiger partial charge in [-0.3, -0.25) is 5.32 Å². The van der Waals surface area contributed by atoms with Gasteiger partial charge in [0.1, 0.15) is 11.6 Å². The molecule has 0 spiro atoms. The molecule has 0 saturated heterocycles. The van der Waals surface area contributed by atoms with Crippen molar-refractivity contribution in [2.45, 2.75) is 19.4 Å². The topological polar surface area (TPSA) is 98.8 Å². The highest BCUT2D eigenvalue weighted by molar-refractivity contribution is 6.32. The molecule has 0 saturated carbocycles. The second-order valence-electron chi connectivity index (χ2n) is 5.90. The molecule has 2 heterocycles. The number of fused-ring (bicyclic) bond motifs is 1. The van der Waals surface area contributed by atoms with Crippen LogP contribution in [0.5, 0.6) is 11.6 Å². The molecule has 1 atom stereocenters. The second-order valence-corrected chi connectivity index (χ2v) is 6.31. The number of hydrogen-bond acceptors (Lipinski definition) is 6. The number of ether oxygens (including phenoxy) is 3. The molecule has 1 aromatic carbocycles. The summed E-state index contributed by atoms with van der Waals surface area (Å²) in [6, 6.07) is 9.63. The minimum atomic E-state index is -0.489. The van der Waals surface area contributed by atoms with E-state index in [1.54, 1.807) is 31.2 Å². The zero-order valence-corrected chi connectivity index (χ0v) is 16.0. The molecule has 3 rings (SSSR count). The average molecular weight is 406 g/mol. The number of esters is 1. The second kappa shape index (κ2) is 9.27. The number of carbonyl (C=O) groups is 2. The van der Waals surface area contributed by atoms with Crippen molar-refractivity contribution < 1.29 is 23.8 Å². The summed E-state index contributed by atoms with van der Waals surface area (Å²) in [6.07, 6.45) is 0.622. The van der Waals surface area contributed by atoms with Gasteiger partial charge in [-0.15, -0.1) is 0 Å². The van der Waals surface area contributed by atoms with Gasteiger partial charge >= 0.3 is 12.0 Å². The molecule has 1 aliphatic heterocycles. The summed E-state index contributed by atoms with van der Waals surface area (Å²) in [4.78, 5) is 27.9. The number of carbonyl (C=O) groups excluding carboxylic acids is 2. The molecule has 0 bridgehead atoms. The maximum atomic E-state index is 12.4. The normalized spacial score (nSPS) is 15.0. The zero-order valence-electron chi connectivity index (χ0n) is 15.2. The van der Waals surface area contributed by atoms with E-state index in [-0.39, 0.29) is 31.0 Å². The van der Waals surface area contributed by atoms with Crippen molar-refractivity contribution in [3.63, 3.8) is 0 Å². The summed E-state index contributed by atoms with van der Waals surface area (Å²) in [5.41, 5.74) is 0.827. The van der Waals surface area contributed by atoms with Crippen LogP contribution in [0.1, 0.15) is 24.9 Å². The quantitative estimate of drug-likeness (QED) is 0.715. The molecule has 28 heavy (non-hydrogen) atoms. The van der Waals surface area contributed by atoms with Gasteiger partial charge in [0.15, 0.2) is 6.61 Å². The van der Waals surface area contributed by atoms with Gasteiger partial charge < -0.3 is 19.5 Å². The molecule has 148 valence electrons. The van der Waals surface area contributed by atoms with Gasteiger partial charge in [-0.25, -0.2) is 9.59 Å². The van der Waals surface area contributed by atoms with E-state index in [1.165, 1.54) is 0 Å². The molecule has 1 aliphatic rings. The Morgan fingerprint density at radius 1 is 1.29 bits per heavy atom. The fourth-order valence-corrected chi connectivity index (χ4v) is 2.98. The molecule has 0 radical (unpaired) electrons. The standard InChI is InChI=1S/C19H20ClN3O5/c1-2-26-17(24)11-28-16-8-4-7-15(22-16)23-19(25)21-14-9-10-27-18-12(14)5-3-6-13(18)20/h3-8,14H,2,9-11H2,1H3,(H2,21,22,23,25)/t14-/m0/s1. The number of rotatable bonds is 6. The summed E-state index contributed by atoms with van der Waals surface area (Å²) < 4.78 is 15.6. The maximum Gasteiger partial charge on any atom is 0.344 e. The molecule has 2 amide bonds. The zero-order chi connectivity index (χ0) is 19.9. The molecular formula is C19H20ClN3O5. The van der Waals surface area contributed by atoms with Crippen LogP contribution in [0, 0.1) is 0 Å². The van der Waals surface area contributed by atoms with Crippen LogP contribution in [0.25, 0.3) is 0 Å². The molecule has 0 fully saturated rings. The lowest BCUT2D eigenvalue weighted by atomic mass is 10.0. The maximum absolute atomic E-state index is 12.4. The minimum absolute atomic E-state index is 0.203. The minimum Gasteiger partial charge on any atom is -0.492 e. The summed E-state index contributed by atoms with van der Waals surface area (Å²) in [5.74, 6) is 0.594. The summed E-state index contributed by atoms with van der Waals surface area (Å²) >= 11 is 6.15. The average Bonchev–Trinajstić information content (AvgIpc) is 2.68. The number of para-hydroxylation sites is 1. The Morgan fingerprint density at radius 2 is 2.11 bits per heavy atom. The van der Waals surface area contributed by atoms with Crippen molar-refractivity contribution in [2.24, 2.45) is 0 Å². The largest absolute Gasteiger partial charge is 0.492 e. The lowest BCUT2D eigenvalue weighted by Crippen LogP contribution is -2.35. The first kappa shape index (κ1) is 19.8. The Balaban J connectivity index is 1.59. The predicted octanol–water partition coefficient (Wildman–Crippen LogP) is 3.32. The van der Waals surface area contributed by atoms with Gasteiger partial charge in [0.2, 0.25) is 5.88 Å². The van der Waals surface area contributed by atoms with Crippen LogP contribution in [0.15, 0.2) is 36.4 Å². The molecule has 0 unspecified atom stereocenters. The smallest absolute Gasteiger partial charge is 0.344 e. The van der Waals surface area contributed by atoms with Crippen molar-refractivity contribution in [3.8, 4) is 11.6 Å². The number of nitrogens with zero attached hydrogens (tertiary/aromatic N) is 1. The van der Waals surface area contributed by atoms with Crippen LogP contribution in [0.3, 0.4) is 0 Å². The third kappa shape index (κ3) is 5.04. The number of urea groups is 1. The van der Waals surface area contributed by atoms with Crippen molar-refractivity contribution >= 4 is 29.4 Å². The fourth-order valence-electron chi connectivity index (χ4n) is 2.75. The summed E-state index contributed by atoms with van der Waals surface area (Å²) in [5, 5.41) is 6.06. The van der Waals surface area contributed by atoms with E-state index in [4.69, 9.17) is 25.8 Å². The molecule has 1 aromatic heterocycles. The first-order valence-electron chi connectivity index (χ1n) is 8.81. The van der Waals surface area contributed by atoms with Crippen LogP contribution in [0.4, 0.5) is 10.6 Å². The predicted molar refractivity (Wildman–Crippen MR) is 103 cm³/mol. The number of hydrogen-bond donors (Lipinski definition) is 2. The highest BCUT2D eigenvalue weighted by Gasteiger charge is 2.24. The van der Waals surface area contributed by atoms with Gasteiger partial charge in [0.05, 0.1) is 24.3 Å². The van der Waals surface area contributed by atoms with E-state index >= 15 is 0 Å². The lowest BCUT2D eigenvalue weighted by molar-refractivity contribution is -0.145.